The van der Waals surface area contributed by atoms with E-state index in [1.165, 1.54) is 0 Å². The van der Waals surface area contributed by atoms with Crippen molar-refractivity contribution in [3.8, 4) is 0 Å². The molecule has 0 aliphatic carbocycles. The van der Waals surface area contributed by atoms with Gasteiger partial charge in [-0.15, -0.1) is 12.4 Å². The van der Waals surface area contributed by atoms with Gasteiger partial charge in [0.2, 0.25) is 0 Å². The first-order valence-electron chi connectivity index (χ1n) is 6.49. The van der Waals surface area contributed by atoms with Crippen molar-refractivity contribution in [2.75, 3.05) is 26.2 Å². The molecular weight excluding hydrogens is 369 g/mol. The fraction of sp³-hybridized carbons (Fsp3) is 0.538. The second-order valence-electron chi connectivity index (χ2n) is 4.96. The van der Waals surface area contributed by atoms with Crippen molar-refractivity contribution in [2.24, 2.45) is 0 Å². The summed E-state index contributed by atoms with van der Waals surface area (Å²) in [6.07, 6.45) is -9.72. The average Bonchev–Trinajstić information content (AvgIpc) is 2.39. The molecule has 1 aromatic carbocycles. The maximum Gasteiger partial charge on any atom is 0.416 e. The van der Waals surface area contributed by atoms with Crippen LogP contribution in [0.4, 0.5) is 26.3 Å². The predicted molar refractivity (Wildman–Crippen MR) is 76.9 cm³/mol. The van der Waals surface area contributed by atoms with E-state index in [1.807, 2.05) is 0 Å². The summed E-state index contributed by atoms with van der Waals surface area (Å²) >= 11 is 5.52. The van der Waals surface area contributed by atoms with Gasteiger partial charge in [-0.1, -0.05) is 17.7 Å². The third-order valence-corrected chi connectivity index (χ3v) is 3.68. The fourth-order valence-electron chi connectivity index (χ4n) is 2.53. The van der Waals surface area contributed by atoms with E-state index in [4.69, 9.17) is 11.6 Å². The molecule has 132 valence electrons. The smallest absolute Gasteiger partial charge is 0.314 e. The summed E-state index contributed by atoms with van der Waals surface area (Å²) in [5.74, 6) is 0. The van der Waals surface area contributed by atoms with Gasteiger partial charge in [0, 0.05) is 31.2 Å². The van der Waals surface area contributed by atoms with E-state index in [2.05, 4.69) is 5.32 Å². The van der Waals surface area contributed by atoms with Gasteiger partial charge in [-0.3, -0.25) is 4.90 Å². The molecule has 0 amide bonds. The molecule has 0 spiro atoms. The van der Waals surface area contributed by atoms with Gasteiger partial charge < -0.3 is 5.32 Å². The molecule has 0 unspecified atom stereocenters. The molecule has 0 radical (unpaired) electrons. The number of alkyl halides is 6. The van der Waals surface area contributed by atoms with Crippen LogP contribution < -0.4 is 5.32 Å². The topological polar surface area (TPSA) is 15.3 Å². The van der Waals surface area contributed by atoms with Crippen LogP contribution in [-0.2, 0) is 6.18 Å². The van der Waals surface area contributed by atoms with Crippen LogP contribution >= 0.6 is 24.0 Å². The minimum Gasteiger partial charge on any atom is -0.314 e. The summed E-state index contributed by atoms with van der Waals surface area (Å²) in [4.78, 5) is 1.01. The Labute approximate surface area is 140 Å². The molecule has 0 aromatic heterocycles. The first kappa shape index (κ1) is 20.3. The Morgan fingerprint density at radius 2 is 1.61 bits per heavy atom. The van der Waals surface area contributed by atoms with Gasteiger partial charge in [0.05, 0.1) is 5.56 Å². The van der Waals surface area contributed by atoms with Crippen LogP contribution in [0.15, 0.2) is 18.2 Å². The van der Waals surface area contributed by atoms with Crippen molar-refractivity contribution < 1.29 is 26.3 Å². The first-order valence-corrected chi connectivity index (χ1v) is 6.86. The molecule has 23 heavy (non-hydrogen) atoms. The number of halogens is 8. The molecule has 1 heterocycles. The highest BCUT2D eigenvalue weighted by Gasteiger charge is 2.48. The quantitative estimate of drug-likeness (QED) is 0.767. The fourth-order valence-corrected chi connectivity index (χ4v) is 2.70. The van der Waals surface area contributed by atoms with Crippen LogP contribution in [-0.4, -0.2) is 37.3 Å². The molecule has 0 bridgehead atoms. The molecule has 1 saturated heterocycles. The van der Waals surface area contributed by atoms with Crippen LogP contribution in [0.5, 0.6) is 0 Å². The van der Waals surface area contributed by atoms with Crippen LogP contribution in [0.2, 0.25) is 5.02 Å². The van der Waals surface area contributed by atoms with Crippen molar-refractivity contribution >= 4 is 24.0 Å². The maximum atomic E-state index is 13.4. The zero-order valence-electron chi connectivity index (χ0n) is 11.6. The van der Waals surface area contributed by atoms with E-state index < -0.39 is 29.5 Å². The van der Waals surface area contributed by atoms with Gasteiger partial charge in [-0.25, -0.2) is 0 Å². The average molecular weight is 383 g/mol. The highest BCUT2D eigenvalue weighted by molar-refractivity contribution is 6.30. The molecule has 10 heteroatoms. The SMILES string of the molecule is Cl.FC(F)(F)c1cc(Cl)ccc1[C@@H](N1CCNCC1)C(F)(F)F. The Morgan fingerprint density at radius 1 is 1.04 bits per heavy atom. The highest BCUT2D eigenvalue weighted by Crippen LogP contribution is 2.44. The summed E-state index contributed by atoms with van der Waals surface area (Å²) in [6, 6.07) is 0.0967. The number of nitrogens with one attached hydrogen (secondary N) is 1. The number of hydrogen-bond acceptors (Lipinski definition) is 2. The van der Waals surface area contributed by atoms with Crippen molar-refractivity contribution in [2.45, 2.75) is 18.4 Å². The zero-order chi connectivity index (χ0) is 16.5. The van der Waals surface area contributed by atoms with Crippen molar-refractivity contribution in [1.29, 1.82) is 0 Å². The molecule has 1 aromatic rings. The van der Waals surface area contributed by atoms with Gasteiger partial charge in [-0.05, 0) is 17.7 Å². The van der Waals surface area contributed by atoms with Gasteiger partial charge in [0.25, 0.3) is 0 Å². The molecule has 2 nitrogen and oxygen atoms in total. The Bertz CT molecular complexity index is 526. The predicted octanol–water partition coefficient (Wildman–Crippen LogP) is 4.29. The number of piperazine rings is 1. The molecule has 2 rings (SSSR count). The zero-order valence-corrected chi connectivity index (χ0v) is 13.2. The largest absolute Gasteiger partial charge is 0.416 e. The van der Waals surface area contributed by atoms with Crippen LogP contribution in [0.25, 0.3) is 0 Å². The maximum absolute atomic E-state index is 13.4. The Hall–Kier alpha value is -0.700. The molecule has 1 aliphatic heterocycles. The lowest BCUT2D eigenvalue weighted by Gasteiger charge is -2.37. The van der Waals surface area contributed by atoms with Crippen molar-refractivity contribution in [3.63, 3.8) is 0 Å². The van der Waals surface area contributed by atoms with E-state index in [0.717, 1.165) is 17.0 Å². The first-order chi connectivity index (χ1) is 10.1. The van der Waals surface area contributed by atoms with Gasteiger partial charge in [0.1, 0.15) is 6.04 Å². The van der Waals surface area contributed by atoms with Gasteiger partial charge >= 0.3 is 12.4 Å². The molecule has 1 aliphatic rings. The summed E-state index contributed by atoms with van der Waals surface area (Å²) in [7, 11) is 0. The van der Waals surface area contributed by atoms with Crippen molar-refractivity contribution in [1.82, 2.24) is 10.2 Å². The molecule has 1 atom stereocenters. The number of benzene rings is 1. The molecule has 1 N–H and O–H groups in total. The summed E-state index contributed by atoms with van der Waals surface area (Å²) in [5, 5.41) is 2.62. The molecule has 1 fully saturated rings. The number of nitrogens with zero attached hydrogens (tertiary/aromatic N) is 1. The minimum atomic E-state index is -4.90. The van der Waals surface area contributed by atoms with E-state index in [-0.39, 0.29) is 30.5 Å². The minimum absolute atomic E-state index is 0. The van der Waals surface area contributed by atoms with Gasteiger partial charge in [0.15, 0.2) is 0 Å². The highest BCUT2D eigenvalue weighted by atomic mass is 35.5. The van der Waals surface area contributed by atoms with E-state index in [9.17, 15) is 26.3 Å². The Morgan fingerprint density at radius 3 is 2.09 bits per heavy atom. The monoisotopic (exact) mass is 382 g/mol. The summed E-state index contributed by atoms with van der Waals surface area (Å²) < 4.78 is 79.5. The number of rotatable bonds is 2. The number of hydrogen-bond donors (Lipinski definition) is 1. The van der Waals surface area contributed by atoms with E-state index >= 15 is 0 Å². The summed E-state index contributed by atoms with van der Waals surface area (Å²) in [5.41, 5.74) is -2.16. The van der Waals surface area contributed by atoms with Crippen molar-refractivity contribution in [3.05, 3.63) is 34.3 Å². The molecule has 0 saturated carbocycles. The second-order valence-corrected chi connectivity index (χ2v) is 5.40. The Balaban J connectivity index is 0.00000264. The van der Waals surface area contributed by atoms with Crippen LogP contribution in [0, 0.1) is 0 Å². The lowest BCUT2D eigenvalue weighted by molar-refractivity contribution is -0.190. The molecular formula is C13H14Cl2F6N2. The normalized spacial score (nSPS) is 18.4. The van der Waals surface area contributed by atoms with Gasteiger partial charge in [-0.2, -0.15) is 26.3 Å². The summed E-state index contributed by atoms with van der Waals surface area (Å²) in [6.45, 7) is 0.622. The lowest BCUT2D eigenvalue weighted by Crippen LogP contribution is -2.49. The lowest BCUT2D eigenvalue weighted by atomic mass is 9.97. The second kappa shape index (κ2) is 7.46. The van der Waals surface area contributed by atoms with E-state index in [0.29, 0.717) is 19.2 Å². The third-order valence-electron chi connectivity index (χ3n) is 3.44. The van der Waals surface area contributed by atoms with Crippen LogP contribution in [0.3, 0.4) is 0 Å². The van der Waals surface area contributed by atoms with E-state index in [1.54, 1.807) is 0 Å². The Kier molecular flexibility index (Phi) is 6.60. The van der Waals surface area contributed by atoms with Crippen LogP contribution in [0.1, 0.15) is 17.2 Å². The standard InChI is InChI=1S/C13H13ClF6N2.ClH/c14-8-1-2-9(10(7-8)12(15,16)17)11(13(18,19)20)22-5-3-21-4-6-22;/h1-2,7,11,21H,3-6H2;1H/t11-;/m1./s1. The third kappa shape index (κ3) is 4.89.